The van der Waals surface area contributed by atoms with Crippen molar-refractivity contribution >= 4 is 0 Å². The molecule has 15 heavy (non-hydrogen) atoms. The largest absolute Gasteiger partial charge is 0.379 e. The average molecular weight is 214 g/mol. The Balaban J connectivity index is 1.47. The molecule has 88 valence electrons. The predicted octanol–water partition coefficient (Wildman–Crippen LogP) is 0.782. The second-order valence-electron chi connectivity index (χ2n) is 4.28. The van der Waals surface area contributed by atoms with Gasteiger partial charge in [0.2, 0.25) is 0 Å². The minimum Gasteiger partial charge on any atom is -0.379 e. The molecule has 1 unspecified atom stereocenters. The first kappa shape index (κ1) is 11.3. The predicted molar refractivity (Wildman–Crippen MR) is 58.6 cm³/mol. The number of hydrogen-bond donors (Lipinski definition) is 1. The number of rotatable bonds is 5. The van der Waals surface area contributed by atoms with Gasteiger partial charge in [-0.25, -0.2) is 5.01 Å². The van der Waals surface area contributed by atoms with E-state index in [0.29, 0.717) is 6.10 Å². The maximum Gasteiger partial charge on any atom is 0.0608 e. The lowest BCUT2D eigenvalue weighted by Gasteiger charge is -2.27. The van der Waals surface area contributed by atoms with Crippen molar-refractivity contribution in [3.8, 4) is 0 Å². The topological polar surface area (TPSA) is 33.7 Å². The number of nitrogens with one attached hydrogen (secondary N) is 1. The number of hydrogen-bond acceptors (Lipinski definition) is 4. The third kappa shape index (κ3) is 4.07. The minimum atomic E-state index is 0.538. The SMILES string of the molecule is C(CNN1CCOCC1)CC1CCCO1. The summed E-state index contributed by atoms with van der Waals surface area (Å²) in [5.74, 6) is 0. The van der Waals surface area contributed by atoms with E-state index in [-0.39, 0.29) is 0 Å². The first-order chi connectivity index (χ1) is 7.45. The molecule has 0 aromatic rings. The van der Waals surface area contributed by atoms with Gasteiger partial charge in [-0.1, -0.05) is 0 Å². The quantitative estimate of drug-likeness (QED) is 0.686. The van der Waals surface area contributed by atoms with Crippen LogP contribution in [-0.2, 0) is 9.47 Å². The molecule has 1 N–H and O–H groups in total. The minimum absolute atomic E-state index is 0.538. The fourth-order valence-corrected chi connectivity index (χ4v) is 2.16. The molecule has 0 bridgehead atoms. The van der Waals surface area contributed by atoms with Crippen LogP contribution in [0.2, 0.25) is 0 Å². The zero-order valence-corrected chi connectivity index (χ0v) is 9.41. The summed E-state index contributed by atoms with van der Waals surface area (Å²) < 4.78 is 10.9. The van der Waals surface area contributed by atoms with Gasteiger partial charge in [-0.05, 0) is 25.7 Å². The van der Waals surface area contributed by atoms with E-state index in [2.05, 4.69) is 10.4 Å². The van der Waals surface area contributed by atoms with Crippen molar-refractivity contribution in [2.24, 2.45) is 0 Å². The summed E-state index contributed by atoms with van der Waals surface area (Å²) in [6, 6.07) is 0. The van der Waals surface area contributed by atoms with Gasteiger partial charge in [0.15, 0.2) is 0 Å². The summed E-state index contributed by atoms with van der Waals surface area (Å²) in [6.07, 6.45) is 5.47. The van der Waals surface area contributed by atoms with E-state index in [1.54, 1.807) is 0 Å². The standard InChI is InChI=1S/C11H22N2O2/c1(3-11-4-2-8-15-11)5-12-13-6-9-14-10-7-13/h11-12H,1-10H2. The molecule has 1 atom stereocenters. The zero-order chi connectivity index (χ0) is 10.3. The van der Waals surface area contributed by atoms with E-state index in [1.165, 1.54) is 25.7 Å². The molecule has 2 saturated heterocycles. The molecular weight excluding hydrogens is 192 g/mol. The van der Waals surface area contributed by atoms with E-state index in [4.69, 9.17) is 9.47 Å². The molecule has 0 spiro atoms. The van der Waals surface area contributed by atoms with Crippen molar-refractivity contribution in [1.82, 2.24) is 10.4 Å². The van der Waals surface area contributed by atoms with E-state index in [1.807, 2.05) is 0 Å². The molecule has 0 saturated carbocycles. The normalized spacial score (nSPS) is 28.4. The van der Waals surface area contributed by atoms with Crippen LogP contribution in [0.15, 0.2) is 0 Å². The first-order valence-corrected chi connectivity index (χ1v) is 6.13. The van der Waals surface area contributed by atoms with Crippen molar-refractivity contribution in [3.05, 3.63) is 0 Å². The molecule has 0 aromatic carbocycles. The van der Waals surface area contributed by atoms with Crippen LogP contribution in [0.5, 0.6) is 0 Å². The first-order valence-electron chi connectivity index (χ1n) is 6.13. The van der Waals surface area contributed by atoms with Gasteiger partial charge in [0.1, 0.15) is 0 Å². The van der Waals surface area contributed by atoms with Crippen molar-refractivity contribution < 1.29 is 9.47 Å². The Bertz CT molecular complexity index is 166. The fourth-order valence-electron chi connectivity index (χ4n) is 2.16. The number of hydrazine groups is 1. The van der Waals surface area contributed by atoms with Gasteiger partial charge in [0.05, 0.1) is 19.3 Å². The Kier molecular flexibility index (Phi) is 4.86. The lowest BCUT2D eigenvalue weighted by Crippen LogP contribution is -2.46. The molecule has 0 aliphatic carbocycles. The maximum absolute atomic E-state index is 5.58. The van der Waals surface area contributed by atoms with Crippen LogP contribution in [0.25, 0.3) is 0 Å². The Hall–Kier alpha value is -0.160. The molecule has 2 rings (SSSR count). The lowest BCUT2D eigenvalue weighted by atomic mass is 10.1. The number of ether oxygens (including phenoxy) is 2. The molecule has 4 nitrogen and oxygen atoms in total. The molecule has 2 aliphatic heterocycles. The highest BCUT2D eigenvalue weighted by Gasteiger charge is 2.15. The molecule has 2 heterocycles. The van der Waals surface area contributed by atoms with E-state index < -0.39 is 0 Å². The zero-order valence-electron chi connectivity index (χ0n) is 9.41. The van der Waals surface area contributed by atoms with Crippen molar-refractivity contribution in [1.29, 1.82) is 0 Å². The van der Waals surface area contributed by atoms with Crippen LogP contribution in [-0.4, -0.2) is 50.6 Å². The molecule has 4 heteroatoms. The Morgan fingerprint density at radius 2 is 2.07 bits per heavy atom. The van der Waals surface area contributed by atoms with Crippen LogP contribution < -0.4 is 5.43 Å². The summed E-state index contributed by atoms with van der Waals surface area (Å²) in [5, 5.41) is 2.26. The summed E-state index contributed by atoms with van der Waals surface area (Å²) in [6.45, 7) is 5.79. The summed E-state index contributed by atoms with van der Waals surface area (Å²) in [5.41, 5.74) is 3.44. The van der Waals surface area contributed by atoms with Gasteiger partial charge in [0, 0.05) is 26.2 Å². The second-order valence-corrected chi connectivity index (χ2v) is 4.28. The van der Waals surface area contributed by atoms with E-state index in [9.17, 15) is 0 Å². The highest BCUT2D eigenvalue weighted by molar-refractivity contribution is 4.65. The van der Waals surface area contributed by atoms with E-state index in [0.717, 1.165) is 39.5 Å². The van der Waals surface area contributed by atoms with Crippen LogP contribution in [0.3, 0.4) is 0 Å². The fraction of sp³-hybridized carbons (Fsp3) is 1.00. The third-order valence-electron chi connectivity index (χ3n) is 3.07. The molecule has 2 aliphatic rings. The van der Waals surface area contributed by atoms with Crippen LogP contribution in [0.1, 0.15) is 25.7 Å². The average Bonchev–Trinajstić information content (AvgIpc) is 2.79. The highest BCUT2D eigenvalue weighted by atomic mass is 16.5. The third-order valence-corrected chi connectivity index (χ3v) is 3.07. The van der Waals surface area contributed by atoms with Gasteiger partial charge in [-0.15, -0.1) is 0 Å². The number of nitrogens with zero attached hydrogens (tertiary/aromatic N) is 1. The van der Waals surface area contributed by atoms with Crippen molar-refractivity contribution in [3.63, 3.8) is 0 Å². The van der Waals surface area contributed by atoms with Gasteiger partial charge in [0.25, 0.3) is 0 Å². The molecule has 0 radical (unpaired) electrons. The number of morpholine rings is 1. The highest BCUT2D eigenvalue weighted by Crippen LogP contribution is 2.16. The monoisotopic (exact) mass is 214 g/mol. The lowest BCUT2D eigenvalue weighted by molar-refractivity contribution is 0.0109. The smallest absolute Gasteiger partial charge is 0.0608 e. The van der Waals surface area contributed by atoms with Gasteiger partial charge < -0.3 is 9.47 Å². The Morgan fingerprint density at radius 3 is 2.80 bits per heavy atom. The molecule has 2 fully saturated rings. The van der Waals surface area contributed by atoms with Crippen LogP contribution in [0.4, 0.5) is 0 Å². The van der Waals surface area contributed by atoms with Gasteiger partial charge in [-0.3, -0.25) is 5.43 Å². The summed E-state index contributed by atoms with van der Waals surface area (Å²) in [7, 11) is 0. The van der Waals surface area contributed by atoms with Crippen LogP contribution in [0, 0.1) is 0 Å². The van der Waals surface area contributed by atoms with Gasteiger partial charge >= 0.3 is 0 Å². The molecule has 0 aromatic heterocycles. The van der Waals surface area contributed by atoms with Crippen LogP contribution >= 0.6 is 0 Å². The summed E-state index contributed by atoms with van der Waals surface area (Å²) in [4.78, 5) is 0. The van der Waals surface area contributed by atoms with E-state index >= 15 is 0 Å². The molecular formula is C11H22N2O2. The van der Waals surface area contributed by atoms with Crippen molar-refractivity contribution in [2.45, 2.75) is 31.8 Å². The van der Waals surface area contributed by atoms with Gasteiger partial charge in [-0.2, -0.15) is 0 Å². The molecule has 0 amide bonds. The maximum atomic E-state index is 5.58. The van der Waals surface area contributed by atoms with Crippen molar-refractivity contribution in [2.75, 3.05) is 39.5 Å². The Morgan fingerprint density at radius 1 is 1.20 bits per heavy atom. The Labute approximate surface area is 91.9 Å². The second kappa shape index (κ2) is 6.43. The summed E-state index contributed by atoms with van der Waals surface area (Å²) >= 11 is 0.